The first-order valence-electron chi connectivity index (χ1n) is 7.32. The molecule has 1 aliphatic heterocycles. The number of nitrogens with zero attached hydrogens (tertiary/aromatic N) is 3. The Bertz CT molecular complexity index is 453. The van der Waals surface area contributed by atoms with Gasteiger partial charge in [-0.2, -0.15) is 18.2 Å². The Kier molecular flexibility index (Phi) is 6.16. The van der Waals surface area contributed by atoms with Gasteiger partial charge in [0.2, 0.25) is 5.89 Å². The fraction of sp³-hybridized carbons (Fsp3) is 0.846. The quantitative estimate of drug-likeness (QED) is 0.768. The lowest BCUT2D eigenvalue weighted by Crippen LogP contribution is -2.46. The van der Waals surface area contributed by atoms with Gasteiger partial charge in [-0.25, -0.2) is 0 Å². The molecule has 1 fully saturated rings. The molecule has 126 valence electrons. The number of hydrogen-bond donors (Lipinski definition) is 1. The zero-order valence-corrected chi connectivity index (χ0v) is 12.5. The van der Waals surface area contributed by atoms with E-state index in [4.69, 9.17) is 4.52 Å². The van der Waals surface area contributed by atoms with Gasteiger partial charge < -0.3 is 14.6 Å². The van der Waals surface area contributed by atoms with Crippen LogP contribution in [-0.4, -0.2) is 60.1 Å². The summed E-state index contributed by atoms with van der Waals surface area (Å²) in [6.45, 7) is 3.42. The standard InChI is InChI=1S/C13H21F3N4O2/c1-10-18-12(19-22-10)8-20-5-2-3-11(7-20)17-4-6-21-9-13(14,15)16/h11,17H,2-9H2,1H3/t11-/m1/s1. The molecule has 1 aromatic rings. The minimum atomic E-state index is -4.26. The molecule has 0 spiro atoms. The smallest absolute Gasteiger partial charge is 0.371 e. The molecule has 22 heavy (non-hydrogen) atoms. The van der Waals surface area contributed by atoms with E-state index < -0.39 is 12.8 Å². The van der Waals surface area contributed by atoms with Gasteiger partial charge in [-0.1, -0.05) is 5.16 Å². The van der Waals surface area contributed by atoms with Crippen molar-refractivity contribution in [3.8, 4) is 0 Å². The lowest BCUT2D eigenvalue weighted by Gasteiger charge is -2.32. The van der Waals surface area contributed by atoms with Crippen molar-refractivity contribution in [2.75, 3.05) is 32.8 Å². The number of aryl methyl sites for hydroxylation is 1. The van der Waals surface area contributed by atoms with Crippen LogP contribution in [0.2, 0.25) is 0 Å². The molecule has 2 heterocycles. The van der Waals surface area contributed by atoms with E-state index in [2.05, 4.69) is 25.1 Å². The highest BCUT2D eigenvalue weighted by atomic mass is 19.4. The summed E-state index contributed by atoms with van der Waals surface area (Å²) in [5, 5.41) is 7.10. The van der Waals surface area contributed by atoms with E-state index in [1.54, 1.807) is 6.92 Å². The summed E-state index contributed by atoms with van der Waals surface area (Å²) in [5.74, 6) is 1.20. The molecule has 0 amide bonds. The lowest BCUT2D eigenvalue weighted by atomic mass is 10.1. The Balaban J connectivity index is 1.63. The Labute approximate surface area is 127 Å². The first-order chi connectivity index (χ1) is 10.4. The van der Waals surface area contributed by atoms with E-state index in [9.17, 15) is 13.2 Å². The van der Waals surface area contributed by atoms with E-state index in [1.165, 1.54) is 0 Å². The molecule has 9 heteroatoms. The number of likely N-dealkylation sites (tertiary alicyclic amines) is 1. The van der Waals surface area contributed by atoms with Crippen LogP contribution < -0.4 is 5.32 Å². The van der Waals surface area contributed by atoms with Gasteiger partial charge in [-0.05, 0) is 19.4 Å². The van der Waals surface area contributed by atoms with E-state index in [0.29, 0.717) is 24.8 Å². The molecule has 2 rings (SSSR count). The van der Waals surface area contributed by atoms with Gasteiger partial charge >= 0.3 is 6.18 Å². The van der Waals surface area contributed by atoms with Gasteiger partial charge in [0.25, 0.3) is 0 Å². The molecule has 0 unspecified atom stereocenters. The number of rotatable bonds is 7. The second kappa shape index (κ2) is 7.89. The molecule has 0 radical (unpaired) electrons. The fourth-order valence-corrected chi connectivity index (χ4v) is 2.49. The first kappa shape index (κ1) is 17.2. The van der Waals surface area contributed by atoms with Gasteiger partial charge in [0.05, 0.1) is 13.2 Å². The SMILES string of the molecule is Cc1nc(CN2CCC[C@@H](NCCOCC(F)(F)F)C2)no1. The molecule has 0 aliphatic carbocycles. The molecule has 0 aromatic carbocycles. The molecule has 1 atom stereocenters. The van der Waals surface area contributed by atoms with Crippen LogP contribution in [-0.2, 0) is 11.3 Å². The number of aromatic nitrogens is 2. The first-order valence-corrected chi connectivity index (χ1v) is 7.32. The summed E-state index contributed by atoms with van der Waals surface area (Å²) in [6.07, 6.45) is -2.23. The highest BCUT2D eigenvalue weighted by Gasteiger charge is 2.27. The van der Waals surface area contributed by atoms with Crippen molar-refractivity contribution < 1.29 is 22.4 Å². The molecule has 0 bridgehead atoms. The van der Waals surface area contributed by atoms with Crippen LogP contribution in [0.3, 0.4) is 0 Å². The monoisotopic (exact) mass is 322 g/mol. The minimum Gasteiger partial charge on any atom is -0.371 e. The van der Waals surface area contributed by atoms with Crippen LogP contribution in [0.5, 0.6) is 0 Å². The van der Waals surface area contributed by atoms with Crippen LogP contribution in [0.25, 0.3) is 0 Å². The van der Waals surface area contributed by atoms with Gasteiger partial charge in [0, 0.05) is 26.1 Å². The van der Waals surface area contributed by atoms with Crippen molar-refractivity contribution in [2.45, 2.75) is 38.5 Å². The molecule has 0 saturated carbocycles. The van der Waals surface area contributed by atoms with Crippen molar-refractivity contribution in [3.63, 3.8) is 0 Å². The van der Waals surface area contributed by atoms with Crippen molar-refractivity contribution in [1.82, 2.24) is 20.4 Å². The highest BCUT2D eigenvalue weighted by Crippen LogP contribution is 2.14. The Morgan fingerprint density at radius 1 is 1.45 bits per heavy atom. The lowest BCUT2D eigenvalue weighted by molar-refractivity contribution is -0.173. The second-order valence-corrected chi connectivity index (χ2v) is 5.43. The summed E-state index contributed by atoms with van der Waals surface area (Å²) in [5.41, 5.74) is 0. The maximum Gasteiger partial charge on any atom is 0.411 e. The van der Waals surface area contributed by atoms with Gasteiger partial charge in [0.15, 0.2) is 5.82 Å². The molecule has 6 nitrogen and oxygen atoms in total. The summed E-state index contributed by atoms with van der Waals surface area (Å²) in [7, 11) is 0. The highest BCUT2D eigenvalue weighted by molar-refractivity contribution is 4.87. The zero-order chi connectivity index (χ0) is 16.0. The van der Waals surface area contributed by atoms with Crippen LogP contribution in [0.15, 0.2) is 4.52 Å². The van der Waals surface area contributed by atoms with E-state index in [0.717, 1.165) is 25.9 Å². The second-order valence-electron chi connectivity index (χ2n) is 5.43. The average Bonchev–Trinajstić information content (AvgIpc) is 2.83. The predicted octanol–water partition coefficient (Wildman–Crippen LogP) is 1.51. The van der Waals surface area contributed by atoms with Crippen molar-refractivity contribution in [2.24, 2.45) is 0 Å². The Morgan fingerprint density at radius 3 is 2.95 bits per heavy atom. The number of piperidine rings is 1. The van der Waals surface area contributed by atoms with Gasteiger partial charge in [-0.15, -0.1) is 0 Å². The van der Waals surface area contributed by atoms with Crippen LogP contribution in [0, 0.1) is 6.92 Å². The number of alkyl halides is 3. The molecule has 1 saturated heterocycles. The van der Waals surface area contributed by atoms with E-state index in [-0.39, 0.29) is 12.6 Å². The van der Waals surface area contributed by atoms with Crippen LogP contribution >= 0.6 is 0 Å². The van der Waals surface area contributed by atoms with Crippen molar-refractivity contribution in [3.05, 3.63) is 11.7 Å². The maximum absolute atomic E-state index is 11.9. The topological polar surface area (TPSA) is 63.4 Å². The predicted molar refractivity (Wildman–Crippen MR) is 72.2 cm³/mol. The number of halogens is 3. The third kappa shape index (κ3) is 6.29. The van der Waals surface area contributed by atoms with Gasteiger partial charge in [-0.3, -0.25) is 4.90 Å². The number of nitrogens with one attached hydrogen (secondary N) is 1. The summed E-state index contributed by atoms with van der Waals surface area (Å²) in [4.78, 5) is 6.38. The fourth-order valence-electron chi connectivity index (χ4n) is 2.49. The minimum absolute atomic E-state index is 0.0556. The maximum atomic E-state index is 11.9. The largest absolute Gasteiger partial charge is 0.411 e. The summed E-state index contributed by atoms with van der Waals surface area (Å²) in [6, 6.07) is 0.247. The van der Waals surface area contributed by atoms with Crippen molar-refractivity contribution in [1.29, 1.82) is 0 Å². The third-order valence-electron chi connectivity index (χ3n) is 3.39. The van der Waals surface area contributed by atoms with Gasteiger partial charge in [0.1, 0.15) is 6.61 Å². The number of hydrogen-bond acceptors (Lipinski definition) is 6. The van der Waals surface area contributed by atoms with Crippen molar-refractivity contribution >= 4 is 0 Å². The number of ether oxygens (including phenoxy) is 1. The Hall–Kier alpha value is -1.19. The third-order valence-corrected chi connectivity index (χ3v) is 3.39. The summed E-state index contributed by atoms with van der Waals surface area (Å²) < 4.78 is 45.3. The van der Waals surface area contributed by atoms with E-state index in [1.807, 2.05) is 0 Å². The summed E-state index contributed by atoms with van der Waals surface area (Å²) >= 11 is 0. The van der Waals surface area contributed by atoms with E-state index >= 15 is 0 Å². The molecular weight excluding hydrogens is 301 g/mol. The van der Waals surface area contributed by atoms with Crippen LogP contribution in [0.1, 0.15) is 24.6 Å². The van der Waals surface area contributed by atoms with Crippen LogP contribution in [0.4, 0.5) is 13.2 Å². The Morgan fingerprint density at radius 2 is 2.27 bits per heavy atom. The average molecular weight is 322 g/mol. The molecule has 1 aliphatic rings. The zero-order valence-electron chi connectivity index (χ0n) is 12.5. The molecule has 1 N–H and O–H groups in total. The normalized spacial score (nSPS) is 20.5. The molecular formula is C13H21F3N4O2. The molecule has 1 aromatic heterocycles.